The summed E-state index contributed by atoms with van der Waals surface area (Å²) in [5, 5.41) is 4.09. The third kappa shape index (κ3) is 4.90. The molecule has 0 radical (unpaired) electrons. The van der Waals surface area contributed by atoms with E-state index in [0.717, 1.165) is 56.7 Å². The van der Waals surface area contributed by atoms with Crippen LogP contribution in [0.1, 0.15) is 29.6 Å². The number of rotatable bonds is 7. The summed E-state index contributed by atoms with van der Waals surface area (Å²) in [5.74, 6) is 1.49. The van der Waals surface area contributed by atoms with Gasteiger partial charge in [0.15, 0.2) is 5.78 Å². The molecular weight excluding hydrogens is 364 g/mol. The molecule has 2 heterocycles. The maximum Gasteiger partial charge on any atom is 0.227 e. The summed E-state index contributed by atoms with van der Waals surface area (Å²) in [6.45, 7) is 7.02. The van der Waals surface area contributed by atoms with E-state index in [1.165, 1.54) is 5.69 Å². The molecule has 29 heavy (non-hydrogen) atoms. The fourth-order valence-corrected chi connectivity index (χ4v) is 3.79. The van der Waals surface area contributed by atoms with E-state index in [9.17, 15) is 4.79 Å². The molecule has 6 nitrogen and oxygen atoms in total. The van der Waals surface area contributed by atoms with Gasteiger partial charge < -0.3 is 14.3 Å². The number of hydrogen-bond donors (Lipinski definition) is 1. The van der Waals surface area contributed by atoms with Crippen LogP contribution in [0.5, 0.6) is 0 Å². The van der Waals surface area contributed by atoms with Crippen molar-refractivity contribution in [3.05, 3.63) is 66.1 Å². The monoisotopic (exact) mass is 391 g/mol. The number of quaternary nitrogens is 1. The first-order chi connectivity index (χ1) is 14.2. The van der Waals surface area contributed by atoms with Crippen LogP contribution in [-0.4, -0.2) is 48.6 Å². The van der Waals surface area contributed by atoms with E-state index in [2.05, 4.69) is 27.2 Å². The largest absolute Gasteiger partial charge is 0.360 e. The molecule has 0 unspecified atom stereocenters. The Morgan fingerprint density at radius 2 is 1.79 bits per heavy atom. The van der Waals surface area contributed by atoms with Crippen LogP contribution in [-0.2, 0) is 6.42 Å². The summed E-state index contributed by atoms with van der Waals surface area (Å²) in [5.41, 5.74) is 2.96. The van der Waals surface area contributed by atoms with Gasteiger partial charge >= 0.3 is 0 Å². The third-order valence-electron chi connectivity index (χ3n) is 5.53. The molecule has 0 atom stereocenters. The molecule has 0 aliphatic carbocycles. The van der Waals surface area contributed by atoms with Crippen molar-refractivity contribution >= 4 is 11.5 Å². The lowest BCUT2D eigenvalue weighted by Gasteiger charge is -2.33. The van der Waals surface area contributed by atoms with E-state index in [1.807, 2.05) is 42.5 Å². The number of Topliss-reactive ketones (excluding diaryl/α,β-unsaturated/α-hetero) is 1. The second-order valence-corrected chi connectivity index (χ2v) is 7.57. The topological polar surface area (TPSA) is 63.7 Å². The average Bonchev–Trinajstić information content (AvgIpc) is 3.24. The Morgan fingerprint density at radius 3 is 2.48 bits per heavy atom. The maximum atomic E-state index is 11.4. The average molecular weight is 391 g/mol. The second kappa shape index (κ2) is 9.01. The molecule has 1 aliphatic heterocycles. The first-order valence-electron chi connectivity index (χ1n) is 10.3. The number of aromatic nitrogens is 2. The summed E-state index contributed by atoms with van der Waals surface area (Å²) < 4.78 is 5.41. The van der Waals surface area contributed by atoms with Gasteiger partial charge in [0.1, 0.15) is 0 Å². The number of carbonyl (C=O) groups excluding carboxylic acids is 1. The molecule has 1 aromatic heterocycles. The lowest BCUT2D eigenvalue weighted by Crippen LogP contribution is -3.14. The van der Waals surface area contributed by atoms with Crippen LogP contribution in [0.3, 0.4) is 0 Å². The predicted molar refractivity (Wildman–Crippen MR) is 112 cm³/mol. The Bertz CT molecular complexity index is 929. The van der Waals surface area contributed by atoms with Crippen molar-refractivity contribution in [2.75, 3.05) is 37.6 Å². The Hall–Kier alpha value is -2.99. The Balaban J connectivity index is 1.21. The fourth-order valence-electron chi connectivity index (χ4n) is 3.79. The molecule has 6 heteroatoms. The van der Waals surface area contributed by atoms with Gasteiger partial charge in [-0.3, -0.25) is 4.79 Å². The van der Waals surface area contributed by atoms with Crippen molar-refractivity contribution in [3.63, 3.8) is 0 Å². The van der Waals surface area contributed by atoms with Gasteiger partial charge in [0, 0.05) is 29.7 Å². The number of carbonyl (C=O) groups is 1. The van der Waals surface area contributed by atoms with Crippen molar-refractivity contribution in [2.45, 2.75) is 19.8 Å². The summed E-state index contributed by atoms with van der Waals surface area (Å²) >= 11 is 0. The van der Waals surface area contributed by atoms with E-state index in [-0.39, 0.29) is 5.78 Å². The number of nitrogens with zero attached hydrogens (tertiary/aromatic N) is 3. The van der Waals surface area contributed by atoms with E-state index in [0.29, 0.717) is 11.7 Å². The smallest absolute Gasteiger partial charge is 0.227 e. The van der Waals surface area contributed by atoms with E-state index >= 15 is 0 Å². The minimum Gasteiger partial charge on any atom is -0.360 e. The van der Waals surface area contributed by atoms with Crippen LogP contribution in [0.4, 0.5) is 5.69 Å². The van der Waals surface area contributed by atoms with Crippen LogP contribution < -0.4 is 9.80 Å². The highest BCUT2D eigenvalue weighted by atomic mass is 16.5. The summed E-state index contributed by atoms with van der Waals surface area (Å²) in [4.78, 5) is 20.0. The molecule has 1 fully saturated rings. The van der Waals surface area contributed by atoms with E-state index in [1.54, 1.807) is 11.8 Å². The van der Waals surface area contributed by atoms with Crippen LogP contribution in [0.2, 0.25) is 0 Å². The minimum atomic E-state index is 0.114. The number of aryl methyl sites for hydroxylation is 1. The van der Waals surface area contributed by atoms with Crippen molar-refractivity contribution in [1.29, 1.82) is 0 Å². The lowest BCUT2D eigenvalue weighted by atomic mass is 10.1. The van der Waals surface area contributed by atoms with Gasteiger partial charge in [-0.2, -0.15) is 4.98 Å². The molecule has 1 N–H and O–H groups in total. The molecule has 0 bridgehead atoms. The highest BCUT2D eigenvalue weighted by molar-refractivity contribution is 5.94. The van der Waals surface area contributed by atoms with Gasteiger partial charge in [0.2, 0.25) is 11.7 Å². The molecule has 0 amide bonds. The molecule has 1 saturated heterocycles. The van der Waals surface area contributed by atoms with Gasteiger partial charge in [-0.1, -0.05) is 35.5 Å². The Kier molecular flexibility index (Phi) is 6.00. The van der Waals surface area contributed by atoms with E-state index in [4.69, 9.17) is 4.52 Å². The van der Waals surface area contributed by atoms with Crippen LogP contribution in [0.25, 0.3) is 11.4 Å². The van der Waals surface area contributed by atoms with Crippen molar-refractivity contribution in [2.24, 2.45) is 0 Å². The molecule has 3 aromatic rings. The van der Waals surface area contributed by atoms with Gasteiger partial charge in [-0.05, 0) is 31.2 Å². The highest BCUT2D eigenvalue weighted by Gasteiger charge is 2.20. The molecule has 0 spiro atoms. The summed E-state index contributed by atoms with van der Waals surface area (Å²) in [6, 6.07) is 17.9. The third-order valence-corrected chi connectivity index (χ3v) is 5.53. The van der Waals surface area contributed by atoms with Gasteiger partial charge in [0.05, 0.1) is 32.7 Å². The zero-order valence-electron chi connectivity index (χ0n) is 16.8. The van der Waals surface area contributed by atoms with Gasteiger partial charge in [0.25, 0.3) is 0 Å². The first kappa shape index (κ1) is 19.3. The first-order valence-corrected chi connectivity index (χ1v) is 10.3. The number of ketones is 1. The highest BCUT2D eigenvalue weighted by Crippen LogP contribution is 2.16. The molecule has 150 valence electrons. The van der Waals surface area contributed by atoms with Gasteiger partial charge in [-0.15, -0.1) is 0 Å². The van der Waals surface area contributed by atoms with Crippen LogP contribution in [0, 0.1) is 0 Å². The number of hydrogen-bond acceptors (Lipinski definition) is 5. The molecule has 2 aromatic carbocycles. The molecular formula is C23H27N4O2+. The fraction of sp³-hybridized carbons (Fsp3) is 0.348. The predicted octanol–water partition coefficient (Wildman–Crippen LogP) is 2.28. The van der Waals surface area contributed by atoms with Crippen molar-refractivity contribution in [1.82, 2.24) is 10.1 Å². The van der Waals surface area contributed by atoms with Gasteiger partial charge in [-0.25, -0.2) is 0 Å². The van der Waals surface area contributed by atoms with Crippen molar-refractivity contribution < 1.29 is 14.2 Å². The van der Waals surface area contributed by atoms with Crippen molar-refractivity contribution in [3.8, 4) is 11.4 Å². The summed E-state index contributed by atoms with van der Waals surface area (Å²) in [7, 11) is 0. The second-order valence-electron chi connectivity index (χ2n) is 7.57. The van der Waals surface area contributed by atoms with Crippen LogP contribution >= 0.6 is 0 Å². The number of nitrogens with one attached hydrogen (secondary N) is 1. The molecule has 4 rings (SSSR count). The molecule has 1 aliphatic rings. The maximum absolute atomic E-state index is 11.4. The number of piperazine rings is 1. The number of anilines is 1. The molecule has 0 saturated carbocycles. The SMILES string of the molecule is CC(=O)c1ccc(N2CC[NH+](CCCc3nc(-c4ccccc4)no3)CC2)cc1. The van der Waals surface area contributed by atoms with Crippen LogP contribution in [0.15, 0.2) is 59.1 Å². The summed E-state index contributed by atoms with van der Waals surface area (Å²) in [6.07, 6.45) is 1.86. The Morgan fingerprint density at radius 1 is 1.07 bits per heavy atom. The minimum absolute atomic E-state index is 0.114. The zero-order valence-corrected chi connectivity index (χ0v) is 16.8. The lowest BCUT2D eigenvalue weighted by molar-refractivity contribution is -0.900. The zero-order chi connectivity index (χ0) is 20.1. The number of benzene rings is 2. The standard InChI is InChI=1S/C23H26N4O2/c1-18(28)19-9-11-21(12-10-19)27-16-14-26(15-17-27)13-5-8-22-24-23(25-29-22)20-6-3-2-4-7-20/h2-4,6-7,9-12H,5,8,13-17H2,1H3/p+1. The quantitative estimate of drug-likeness (QED) is 0.626. The van der Waals surface area contributed by atoms with E-state index < -0.39 is 0 Å². The normalized spacial score (nSPS) is 14.9. The Labute approximate surface area is 171 Å².